The number of benzene rings is 1. The lowest BCUT2D eigenvalue weighted by Crippen LogP contribution is -2.45. The van der Waals surface area contributed by atoms with E-state index in [0.29, 0.717) is 28.6 Å². The molecule has 0 N–H and O–H groups in total. The Morgan fingerprint density at radius 3 is 2.96 bits per heavy atom. The third-order valence-electron chi connectivity index (χ3n) is 3.78. The molecule has 2 aliphatic heterocycles. The lowest BCUT2D eigenvalue weighted by molar-refractivity contribution is -0.137. The molecule has 5 nitrogen and oxygen atoms in total. The average Bonchev–Trinajstić information content (AvgIpc) is 2.53. The van der Waals surface area contributed by atoms with Gasteiger partial charge in [0.25, 0.3) is 0 Å². The first-order valence-corrected chi connectivity index (χ1v) is 8.09. The Morgan fingerprint density at radius 1 is 1.48 bits per heavy atom. The van der Waals surface area contributed by atoms with Crippen LogP contribution in [0.5, 0.6) is 0 Å². The van der Waals surface area contributed by atoms with E-state index < -0.39 is 17.8 Å². The highest BCUT2D eigenvalue weighted by Crippen LogP contribution is 2.40. The fourth-order valence-electron chi connectivity index (χ4n) is 2.76. The molecule has 2 aliphatic rings. The summed E-state index contributed by atoms with van der Waals surface area (Å²) in [5.74, 6) is -0.482. The molecule has 0 aromatic heterocycles. The van der Waals surface area contributed by atoms with Gasteiger partial charge in [0.15, 0.2) is 5.17 Å². The molecule has 0 unspecified atom stereocenters. The minimum absolute atomic E-state index is 0.134. The SMILES string of the molecule is COC(=O)C1=C(C)N=C2SCCC(=O)N2[C@H]1c1cccc(F)c1. The van der Waals surface area contributed by atoms with E-state index in [0.717, 1.165) is 0 Å². The molecule has 0 spiro atoms. The monoisotopic (exact) mass is 334 g/mol. The number of hydrogen-bond donors (Lipinski definition) is 0. The van der Waals surface area contributed by atoms with Crippen molar-refractivity contribution in [2.75, 3.05) is 12.9 Å². The predicted octanol–water partition coefficient (Wildman–Crippen LogP) is 2.65. The Balaban J connectivity index is 2.19. The maximum atomic E-state index is 13.7. The number of aliphatic imine (C=N–C) groups is 1. The van der Waals surface area contributed by atoms with Crippen molar-refractivity contribution in [1.29, 1.82) is 0 Å². The molecule has 1 fully saturated rings. The Labute approximate surface area is 137 Å². The summed E-state index contributed by atoms with van der Waals surface area (Å²) >= 11 is 1.45. The van der Waals surface area contributed by atoms with E-state index in [1.54, 1.807) is 19.1 Å². The lowest BCUT2D eigenvalue weighted by Gasteiger charge is -2.38. The van der Waals surface area contributed by atoms with Crippen LogP contribution in [0.1, 0.15) is 24.9 Å². The second-order valence-electron chi connectivity index (χ2n) is 5.20. The Hall–Kier alpha value is -2.15. The number of fused-ring (bicyclic) bond motifs is 1. The van der Waals surface area contributed by atoms with Crippen molar-refractivity contribution in [3.63, 3.8) is 0 Å². The highest BCUT2D eigenvalue weighted by atomic mass is 32.2. The molecule has 1 amide bonds. The van der Waals surface area contributed by atoms with Crippen LogP contribution in [-0.2, 0) is 14.3 Å². The van der Waals surface area contributed by atoms with Crippen molar-refractivity contribution in [2.24, 2.45) is 4.99 Å². The van der Waals surface area contributed by atoms with Crippen molar-refractivity contribution >= 4 is 28.8 Å². The van der Waals surface area contributed by atoms with Gasteiger partial charge in [-0.3, -0.25) is 9.69 Å². The van der Waals surface area contributed by atoms with Crippen LogP contribution in [-0.4, -0.2) is 34.8 Å². The molecule has 3 rings (SSSR count). The van der Waals surface area contributed by atoms with Crippen LogP contribution < -0.4 is 0 Å². The molecular weight excluding hydrogens is 319 g/mol. The van der Waals surface area contributed by atoms with E-state index in [2.05, 4.69) is 4.99 Å². The van der Waals surface area contributed by atoms with Crippen LogP contribution in [0, 0.1) is 5.82 Å². The Bertz CT molecular complexity index is 745. The van der Waals surface area contributed by atoms with Gasteiger partial charge in [-0.1, -0.05) is 23.9 Å². The van der Waals surface area contributed by atoms with Crippen molar-refractivity contribution < 1.29 is 18.7 Å². The smallest absolute Gasteiger partial charge is 0.338 e. The number of hydrogen-bond acceptors (Lipinski definition) is 5. The zero-order valence-corrected chi connectivity index (χ0v) is 13.5. The number of ether oxygens (including phenoxy) is 1. The molecule has 1 aromatic rings. The van der Waals surface area contributed by atoms with Crippen LogP contribution >= 0.6 is 11.8 Å². The van der Waals surface area contributed by atoms with Crippen LogP contribution in [0.15, 0.2) is 40.5 Å². The van der Waals surface area contributed by atoms with E-state index >= 15 is 0 Å². The molecule has 23 heavy (non-hydrogen) atoms. The standard InChI is InChI=1S/C16H15FN2O3S/c1-9-13(15(21)22-2)14(10-4-3-5-11(17)8-10)19-12(20)6-7-23-16(19)18-9/h3-5,8,14H,6-7H2,1-2H3/t14-/m0/s1. The fraction of sp³-hybridized carbons (Fsp3) is 0.312. The molecule has 0 saturated carbocycles. The minimum atomic E-state index is -0.717. The number of thioether (sulfide) groups is 1. The number of halogens is 1. The Kier molecular flexibility index (Phi) is 4.21. The van der Waals surface area contributed by atoms with E-state index in [-0.39, 0.29) is 11.5 Å². The molecule has 0 radical (unpaired) electrons. The number of nitrogens with zero attached hydrogens (tertiary/aromatic N) is 2. The maximum Gasteiger partial charge on any atom is 0.338 e. The number of esters is 1. The second kappa shape index (κ2) is 6.16. The van der Waals surface area contributed by atoms with Crippen molar-refractivity contribution in [2.45, 2.75) is 19.4 Å². The van der Waals surface area contributed by atoms with Crippen LogP contribution in [0.2, 0.25) is 0 Å². The van der Waals surface area contributed by atoms with E-state index in [1.165, 1.54) is 35.9 Å². The molecule has 0 aliphatic carbocycles. The topological polar surface area (TPSA) is 59.0 Å². The van der Waals surface area contributed by atoms with Crippen LogP contribution in [0.25, 0.3) is 0 Å². The summed E-state index contributed by atoms with van der Waals surface area (Å²) in [6, 6.07) is 5.19. The lowest BCUT2D eigenvalue weighted by atomic mass is 9.94. The average molecular weight is 334 g/mol. The Morgan fingerprint density at radius 2 is 2.26 bits per heavy atom. The van der Waals surface area contributed by atoms with Gasteiger partial charge in [0.1, 0.15) is 5.82 Å². The number of carbonyl (C=O) groups excluding carboxylic acids is 2. The summed E-state index contributed by atoms with van der Waals surface area (Å²) < 4.78 is 18.5. The van der Waals surface area contributed by atoms with Gasteiger partial charge in [-0.05, 0) is 24.6 Å². The van der Waals surface area contributed by atoms with E-state index in [1.807, 2.05) is 0 Å². The van der Waals surface area contributed by atoms with Crippen LogP contribution in [0.3, 0.4) is 0 Å². The number of allylic oxidation sites excluding steroid dienone is 1. The first-order chi connectivity index (χ1) is 11.0. The van der Waals surface area contributed by atoms with E-state index in [4.69, 9.17) is 4.74 Å². The van der Waals surface area contributed by atoms with Gasteiger partial charge >= 0.3 is 5.97 Å². The van der Waals surface area contributed by atoms with Gasteiger partial charge in [0, 0.05) is 12.2 Å². The summed E-state index contributed by atoms with van der Waals surface area (Å²) in [6.45, 7) is 1.70. The fourth-order valence-corrected chi connectivity index (χ4v) is 3.77. The van der Waals surface area contributed by atoms with Crippen molar-refractivity contribution in [3.8, 4) is 0 Å². The minimum Gasteiger partial charge on any atom is -0.466 e. The molecule has 2 heterocycles. The molecule has 1 aromatic carbocycles. The van der Waals surface area contributed by atoms with Gasteiger partial charge in [0.2, 0.25) is 5.91 Å². The number of amides is 1. The summed E-state index contributed by atoms with van der Waals surface area (Å²) in [5.41, 5.74) is 1.27. The van der Waals surface area contributed by atoms with Gasteiger partial charge in [-0.25, -0.2) is 14.2 Å². The highest BCUT2D eigenvalue weighted by molar-refractivity contribution is 8.14. The number of rotatable bonds is 2. The van der Waals surface area contributed by atoms with Gasteiger partial charge in [0.05, 0.1) is 24.4 Å². The predicted molar refractivity (Wildman–Crippen MR) is 85.2 cm³/mol. The molecule has 1 saturated heterocycles. The first kappa shape index (κ1) is 15.7. The number of carbonyl (C=O) groups is 2. The van der Waals surface area contributed by atoms with Gasteiger partial charge < -0.3 is 4.74 Å². The zero-order valence-electron chi connectivity index (χ0n) is 12.7. The summed E-state index contributed by atoms with van der Waals surface area (Å²) in [5, 5.41) is 0.542. The quantitative estimate of drug-likeness (QED) is 0.780. The van der Waals surface area contributed by atoms with E-state index in [9.17, 15) is 14.0 Å². The zero-order chi connectivity index (χ0) is 16.6. The summed E-state index contributed by atoms with van der Waals surface area (Å²) in [4.78, 5) is 30.5. The maximum absolute atomic E-state index is 13.7. The van der Waals surface area contributed by atoms with Crippen molar-refractivity contribution in [1.82, 2.24) is 4.90 Å². The normalized spacial score (nSPS) is 21.0. The number of amidine groups is 1. The molecule has 120 valence electrons. The van der Waals surface area contributed by atoms with Gasteiger partial charge in [-0.15, -0.1) is 0 Å². The summed E-state index contributed by atoms with van der Waals surface area (Å²) in [6.07, 6.45) is 0.350. The number of methoxy groups -OCH3 is 1. The second-order valence-corrected chi connectivity index (χ2v) is 6.27. The largest absolute Gasteiger partial charge is 0.466 e. The molecule has 0 bridgehead atoms. The highest BCUT2D eigenvalue weighted by Gasteiger charge is 2.41. The third-order valence-corrected chi connectivity index (χ3v) is 4.73. The molecule has 1 atom stereocenters. The van der Waals surface area contributed by atoms with Crippen LogP contribution in [0.4, 0.5) is 4.39 Å². The molecular formula is C16H15FN2O3S. The molecule has 7 heteroatoms. The van der Waals surface area contributed by atoms with Crippen molar-refractivity contribution in [3.05, 3.63) is 46.9 Å². The first-order valence-electron chi connectivity index (χ1n) is 7.11. The summed E-state index contributed by atoms with van der Waals surface area (Å²) in [7, 11) is 1.28. The third kappa shape index (κ3) is 2.76. The van der Waals surface area contributed by atoms with Gasteiger partial charge in [-0.2, -0.15) is 0 Å².